The van der Waals surface area contributed by atoms with Crippen LogP contribution in [0.15, 0.2) is 46.9 Å². The number of rotatable bonds is 5. The van der Waals surface area contributed by atoms with Crippen molar-refractivity contribution in [3.63, 3.8) is 0 Å². The van der Waals surface area contributed by atoms with E-state index in [1.807, 2.05) is 42.5 Å². The van der Waals surface area contributed by atoms with Crippen molar-refractivity contribution in [2.24, 2.45) is 0 Å². The van der Waals surface area contributed by atoms with Crippen LogP contribution in [0.5, 0.6) is 0 Å². The minimum Gasteiger partial charge on any atom is -0.442 e. The number of pyridine rings is 1. The monoisotopic (exact) mass is 404 g/mol. The summed E-state index contributed by atoms with van der Waals surface area (Å²) in [5, 5.41) is 18.4. The number of urea groups is 1. The molecule has 30 heavy (non-hydrogen) atoms. The average molecular weight is 404 g/mol. The molecule has 0 unspecified atom stereocenters. The van der Waals surface area contributed by atoms with Gasteiger partial charge in [0.05, 0.1) is 0 Å². The summed E-state index contributed by atoms with van der Waals surface area (Å²) in [6.07, 6.45) is 2.08. The van der Waals surface area contributed by atoms with Crippen LogP contribution >= 0.6 is 0 Å². The Kier molecular flexibility index (Phi) is 5.82. The third-order valence-corrected chi connectivity index (χ3v) is 5.24. The van der Waals surface area contributed by atoms with Crippen molar-refractivity contribution in [1.82, 2.24) is 15.2 Å². The van der Waals surface area contributed by atoms with E-state index in [0.717, 1.165) is 31.5 Å². The maximum atomic E-state index is 12.4. The molecule has 3 N–H and O–H groups in total. The zero-order valence-corrected chi connectivity index (χ0v) is 16.8. The van der Waals surface area contributed by atoms with Gasteiger partial charge in [-0.3, -0.25) is 0 Å². The van der Waals surface area contributed by atoms with Gasteiger partial charge in [-0.2, -0.15) is 5.26 Å². The summed E-state index contributed by atoms with van der Waals surface area (Å²) in [5.74, 6) is 0.735. The number of fused-ring (bicyclic) bond motifs is 1. The molecule has 0 bridgehead atoms. The van der Waals surface area contributed by atoms with Crippen molar-refractivity contribution in [3.05, 3.63) is 53.8 Å². The van der Waals surface area contributed by atoms with E-state index in [9.17, 15) is 10.1 Å². The smallest absolute Gasteiger partial charge is 0.319 e. The Hall–Kier alpha value is -3.57. The number of carbonyl (C=O) groups excluding carboxylic acids is 1. The highest BCUT2D eigenvalue weighted by Gasteiger charge is 2.20. The maximum Gasteiger partial charge on any atom is 0.319 e. The van der Waals surface area contributed by atoms with Gasteiger partial charge in [-0.15, -0.1) is 0 Å². The van der Waals surface area contributed by atoms with Crippen molar-refractivity contribution < 1.29 is 9.21 Å². The highest BCUT2D eigenvalue weighted by molar-refractivity contribution is 6.00. The zero-order chi connectivity index (χ0) is 20.9. The van der Waals surface area contributed by atoms with E-state index in [-0.39, 0.29) is 11.4 Å². The van der Waals surface area contributed by atoms with Crippen LogP contribution in [-0.2, 0) is 6.54 Å². The summed E-state index contributed by atoms with van der Waals surface area (Å²) in [6, 6.07) is 15.1. The van der Waals surface area contributed by atoms with Crippen LogP contribution in [0.25, 0.3) is 11.1 Å². The van der Waals surface area contributed by atoms with Crippen LogP contribution in [-0.4, -0.2) is 42.1 Å². The van der Waals surface area contributed by atoms with Crippen molar-refractivity contribution in [2.75, 3.05) is 30.8 Å². The molecule has 8 heteroatoms. The fraction of sp³-hybridized carbons (Fsp3) is 0.318. The number of piperidine rings is 1. The molecule has 1 aliphatic rings. The fourth-order valence-corrected chi connectivity index (χ4v) is 3.55. The standard InChI is InChI=1S/C22H24N6O2/c1-28-11-9-16(10-12-28)25-19-8-7-17-20(26-19)21(18(13-23)30-17)27-22(29)24-14-15-5-3-2-4-6-15/h2-8,16H,9-12,14H2,1H3,(H,25,26)(H2,24,27,29). The number of likely N-dealkylation sites (tertiary alicyclic amines) is 1. The number of anilines is 2. The SMILES string of the molecule is CN1CCC(Nc2ccc3oc(C#N)c(NC(=O)NCc4ccccc4)c3n2)CC1. The maximum absolute atomic E-state index is 12.4. The Morgan fingerprint density at radius 1 is 1.23 bits per heavy atom. The van der Waals surface area contributed by atoms with Crippen LogP contribution in [0.1, 0.15) is 24.2 Å². The predicted octanol–water partition coefficient (Wildman–Crippen LogP) is 3.53. The molecule has 1 saturated heterocycles. The number of benzene rings is 1. The van der Waals surface area contributed by atoms with E-state index in [2.05, 4.69) is 32.9 Å². The second kappa shape index (κ2) is 8.84. The van der Waals surface area contributed by atoms with Crippen LogP contribution in [0.4, 0.5) is 16.3 Å². The molecule has 0 saturated carbocycles. The minimum absolute atomic E-state index is 0.0313. The highest BCUT2D eigenvalue weighted by Crippen LogP contribution is 2.30. The average Bonchev–Trinajstić information content (AvgIpc) is 3.11. The summed E-state index contributed by atoms with van der Waals surface area (Å²) in [5.41, 5.74) is 2.18. The van der Waals surface area contributed by atoms with Crippen molar-refractivity contribution >= 4 is 28.6 Å². The third-order valence-electron chi connectivity index (χ3n) is 5.24. The topological polar surface area (TPSA) is 106 Å². The molecule has 1 fully saturated rings. The molecule has 154 valence electrons. The van der Waals surface area contributed by atoms with E-state index >= 15 is 0 Å². The van der Waals surface area contributed by atoms with E-state index in [1.54, 1.807) is 6.07 Å². The molecular weight excluding hydrogens is 380 g/mol. The van der Waals surface area contributed by atoms with Gasteiger partial charge < -0.3 is 25.3 Å². The highest BCUT2D eigenvalue weighted by atomic mass is 16.3. The van der Waals surface area contributed by atoms with E-state index in [1.165, 1.54) is 0 Å². The molecule has 0 atom stereocenters. The first-order valence-corrected chi connectivity index (χ1v) is 10.00. The fourth-order valence-electron chi connectivity index (χ4n) is 3.55. The molecule has 4 rings (SSSR count). The Labute approximate surface area is 174 Å². The first-order chi connectivity index (χ1) is 14.6. The molecule has 1 aromatic carbocycles. The third kappa shape index (κ3) is 4.53. The largest absolute Gasteiger partial charge is 0.442 e. The Morgan fingerprint density at radius 2 is 2.00 bits per heavy atom. The summed E-state index contributed by atoms with van der Waals surface area (Å²) in [7, 11) is 2.12. The van der Waals surface area contributed by atoms with Crippen molar-refractivity contribution in [1.29, 1.82) is 5.26 Å². The van der Waals surface area contributed by atoms with Gasteiger partial charge >= 0.3 is 6.03 Å². The van der Waals surface area contributed by atoms with Gasteiger partial charge in [0.1, 0.15) is 23.1 Å². The molecule has 0 radical (unpaired) electrons. The predicted molar refractivity (Wildman–Crippen MR) is 115 cm³/mol. The molecular formula is C22H24N6O2. The van der Waals surface area contributed by atoms with Gasteiger partial charge in [-0.1, -0.05) is 30.3 Å². The summed E-state index contributed by atoms with van der Waals surface area (Å²) in [6.45, 7) is 2.46. The van der Waals surface area contributed by atoms with Crippen LogP contribution in [0, 0.1) is 11.3 Å². The number of nitrogens with zero attached hydrogens (tertiary/aromatic N) is 3. The number of furan rings is 1. The summed E-state index contributed by atoms with van der Waals surface area (Å²) >= 11 is 0. The number of amides is 2. The molecule has 3 aromatic rings. The molecule has 1 aliphatic heterocycles. The number of nitrogens with one attached hydrogen (secondary N) is 3. The number of nitriles is 1. The molecule has 2 amide bonds. The van der Waals surface area contributed by atoms with Gasteiger partial charge in [-0.25, -0.2) is 9.78 Å². The molecule has 0 spiro atoms. The summed E-state index contributed by atoms with van der Waals surface area (Å²) in [4.78, 5) is 19.3. The Morgan fingerprint density at radius 3 is 2.73 bits per heavy atom. The van der Waals surface area contributed by atoms with Crippen LogP contribution in [0.2, 0.25) is 0 Å². The number of aromatic nitrogens is 1. The van der Waals surface area contributed by atoms with Crippen molar-refractivity contribution in [2.45, 2.75) is 25.4 Å². The second-order valence-electron chi connectivity index (χ2n) is 7.48. The molecule has 3 heterocycles. The first kappa shape index (κ1) is 19.7. The van der Waals surface area contributed by atoms with E-state index in [4.69, 9.17) is 4.42 Å². The normalized spacial score (nSPS) is 14.9. The zero-order valence-electron chi connectivity index (χ0n) is 16.8. The van der Waals surface area contributed by atoms with Crippen LogP contribution < -0.4 is 16.0 Å². The second-order valence-corrected chi connectivity index (χ2v) is 7.48. The lowest BCUT2D eigenvalue weighted by Gasteiger charge is -2.29. The van der Waals surface area contributed by atoms with Gasteiger partial charge in [0.25, 0.3) is 0 Å². The van der Waals surface area contributed by atoms with Gasteiger partial charge in [0.2, 0.25) is 5.76 Å². The Bertz CT molecular complexity index is 1060. The Balaban J connectivity index is 1.49. The van der Waals surface area contributed by atoms with Crippen molar-refractivity contribution in [3.8, 4) is 6.07 Å². The van der Waals surface area contributed by atoms with E-state index in [0.29, 0.717) is 29.5 Å². The number of hydrogen-bond acceptors (Lipinski definition) is 6. The summed E-state index contributed by atoms with van der Waals surface area (Å²) < 4.78 is 5.57. The lowest BCUT2D eigenvalue weighted by molar-refractivity contribution is 0.251. The minimum atomic E-state index is -0.423. The number of carbonyl (C=O) groups is 1. The van der Waals surface area contributed by atoms with Gasteiger partial charge in [-0.05, 0) is 50.7 Å². The van der Waals surface area contributed by atoms with Gasteiger partial charge in [0, 0.05) is 12.6 Å². The molecule has 8 nitrogen and oxygen atoms in total. The molecule has 2 aromatic heterocycles. The number of hydrogen-bond donors (Lipinski definition) is 3. The lowest BCUT2D eigenvalue weighted by atomic mass is 10.1. The lowest BCUT2D eigenvalue weighted by Crippen LogP contribution is -2.36. The van der Waals surface area contributed by atoms with Gasteiger partial charge in [0.15, 0.2) is 5.58 Å². The first-order valence-electron chi connectivity index (χ1n) is 10.00. The quantitative estimate of drug-likeness (QED) is 0.601. The van der Waals surface area contributed by atoms with E-state index < -0.39 is 6.03 Å². The van der Waals surface area contributed by atoms with Crippen LogP contribution in [0.3, 0.4) is 0 Å². The molecule has 0 aliphatic carbocycles.